The molecule has 4 rings (SSSR count). The second-order valence-electron chi connectivity index (χ2n) is 8.19. The number of rotatable bonds is 3. The maximum absolute atomic E-state index is 13.2. The highest BCUT2D eigenvalue weighted by molar-refractivity contribution is 5.94. The Morgan fingerprint density at radius 1 is 0.800 bits per heavy atom. The van der Waals surface area contributed by atoms with E-state index in [-0.39, 0.29) is 0 Å². The molecule has 0 aromatic heterocycles. The Bertz CT molecular complexity index is 1040. The van der Waals surface area contributed by atoms with Crippen molar-refractivity contribution in [1.29, 1.82) is 0 Å². The Kier molecular flexibility index (Phi) is 5.32. The van der Waals surface area contributed by atoms with Gasteiger partial charge < -0.3 is 9.57 Å². The van der Waals surface area contributed by atoms with Gasteiger partial charge in [-0.2, -0.15) is 0 Å². The Hall–Kier alpha value is -3.53. The third-order valence-electron chi connectivity index (χ3n) is 4.75. The van der Waals surface area contributed by atoms with Crippen molar-refractivity contribution in [2.45, 2.75) is 32.4 Å². The molecule has 0 radical (unpaired) electrons. The number of carbonyl (C=O) groups excluding carboxylic acids is 1. The van der Waals surface area contributed by atoms with Gasteiger partial charge in [-0.05, 0) is 31.9 Å². The van der Waals surface area contributed by atoms with Crippen LogP contribution >= 0.6 is 0 Å². The first kappa shape index (κ1) is 19.8. The molecular formula is C26H25NO3. The van der Waals surface area contributed by atoms with Crippen LogP contribution in [-0.2, 0) is 9.57 Å². The van der Waals surface area contributed by atoms with Crippen LogP contribution in [-0.4, -0.2) is 16.8 Å². The van der Waals surface area contributed by atoms with Crippen LogP contribution in [0.15, 0.2) is 91.0 Å². The highest BCUT2D eigenvalue weighted by Crippen LogP contribution is 2.47. The third-order valence-corrected chi connectivity index (χ3v) is 4.75. The fourth-order valence-corrected chi connectivity index (χ4v) is 3.53. The first-order valence-electron chi connectivity index (χ1n) is 10.0. The molecule has 0 aliphatic carbocycles. The molecule has 0 spiro atoms. The average Bonchev–Trinajstić information content (AvgIpc) is 3.15. The number of amides is 1. The summed E-state index contributed by atoms with van der Waals surface area (Å²) in [7, 11) is 0. The normalized spacial score (nSPS) is 16.4. The molecule has 1 unspecified atom stereocenters. The van der Waals surface area contributed by atoms with Crippen LogP contribution in [0.4, 0.5) is 4.79 Å². The Balaban J connectivity index is 1.89. The molecule has 1 aliphatic heterocycles. The summed E-state index contributed by atoms with van der Waals surface area (Å²) in [4.78, 5) is 19.4. The Morgan fingerprint density at radius 2 is 1.30 bits per heavy atom. The molecule has 1 aliphatic rings. The second-order valence-corrected chi connectivity index (χ2v) is 8.19. The van der Waals surface area contributed by atoms with Gasteiger partial charge in [-0.15, -0.1) is 5.06 Å². The molecule has 0 saturated heterocycles. The van der Waals surface area contributed by atoms with E-state index in [0.717, 1.165) is 22.3 Å². The van der Waals surface area contributed by atoms with Gasteiger partial charge in [0, 0.05) is 11.1 Å². The van der Waals surface area contributed by atoms with Crippen LogP contribution in [0.3, 0.4) is 0 Å². The van der Waals surface area contributed by atoms with Gasteiger partial charge >= 0.3 is 6.09 Å². The van der Waals surface area contributed by atoms with Crippen molar-refractivity contribution >= 4 is 17.4 Å². The quantitative estimate of drug-likeness (QED) is 0.506. The summed E-state index contributed by atoms with van der Waals surface area (Å²) in [6.07, 6.45) is -0.518. The van der Waals surface area contributed by atoms with Crippen molar-refractivity contribution in [1.82, 2.24) is 5.06 Å². The molecule has 4 nitrogen and oxygen atoms in total. The SMILES string of the molecule is CC(C)(C)OC(=O)N1OC(c2ccccc2)=C(c2ccccc2)C1c1ccccc1. The van der Waals surface area contributed by atoms with Gasteiger partial charge in [0.1, 0.15) is 11.6 Å². The van der Waals surface area contributed by atoms with E-state index in [9.17, 15) is 4.79 Å². The lowest BCUT2D eigenvalue weighted by Gasteiger charge is -2.28. The van der Waals surface area contributed by atoms with E-state index >= 15 is 0 Å². The van der Waals surface area contributed by atoms with Crippen molar-refractivity contribution in [3.8, 4) is 0 Å². The van der Waals surface area contributed by atoms with Crippen LogP contribution in [0.25, 0.3) is 11.3 Å². The summed E-state index contributed by atoms with van der Waals surface area (Å²) in [5.41, 5.74) is 3.15. The average molecular weight is 399 g/mol. The predicted molar refractivity (Wildman–Crippen MR) is 118 cm³/mol. The lowest BCUT2D eigenvalue weighted by molar-refractivity contribution is -0.0940. The summed E-state index contributed by atoms with van der Waals surface area (Å²) in [6, 6.07) is 29.3. The van der Waals surface area contributed by atoms with E-state index in [1.807, 2.05) is 112 Å². The molecule has 3 aromatic carbocycles. The van der Waals surface area contributed by atoms with Gasteiger partial charge in [-0.3, -0.25) is 0 Å². The van der Waals surface area contributed by atoms with E-state index in [4.69, 9.17) is 9.57 Å². The van der Waals surface area contributed by atoms with E-state index in [1.165, 1.54) is 5.06 Å². The summed E-state index contributed by atoms with van der Waals surface area (Å²) in [5, 5.41) is 1.35. The third kappa shape index (κ3) is 4.08. The van der Waals surface area contributed by atoms with E-state index in [0.29, 0.717) is 5.76 Å². The molecule has 30 heavy (non-hydrogen) atoms. The predicted octanol–water partition coefficient (Wildman–Crippen LogP) is 6.48. The highest BCUT2D eigenvalue weighted by Gasteiger charge is 2.42. The number of hydrogen-bond donors (Lipinski definition) is 0. The van der Waals surface area contributed by atoms with Gasteiger partial charge in [0.2, 0.25) is 0 Å². The molecular weight excluding hydrogens is 374 g/mol. The molecule has 0 N–H and O–H groups in total. The van der Waals surface area contributed by atoms with Gasteiger partial charge in [-0.25, -0.2) is 4.79 Å². The van der Waals surface area contributed by atoms with Crippen molar-refractivity contribution in [3.63, 3.8) is 0 Å². The first-order chi connectivity index (χ1) is 14.4. The number of ether oxygens (including phenoxy) is 1. The number of nitrogens with zero attached hydrogens (tertiary/aromatic N) is 1. The fraction of sp³-hybridized carbons (Fsp3) is 0.192. The standard InChI is InChI=1S/C26H25NO3/c1-26(2,3)29-25(28)27-23(20-15-9-5-10-16-20)22(19-13-7-4-8-14-19)24(30-27)21-17-11-6-12-18-21/h4-18,23H,1-3H3. The zero-order chi connectivity index (χ0) is 21.1. The minimum atomic E-state index is -0.635. The minimum Gasteiger partial charge on any atom is -0.442 e. The molecule has 1 amide bonds. The van der Waals surface area contributed by atoms with Crippen LogP contribution in [0.2, 0.25) is 0 Å². The lowest BCUT2D eigenvalue weighted by atomic mass is 9.91. The topological polar surface area (TPSA) is 38.8 Å². The maximum atomic E-state index is 13.2. The molecule has 0 bridgehead atoms. The Morgan fingerprint density at radius 3 is 1.83 bits per heavy atom. The maximum Gasteiger partial charge on any atom is 0.444 e. The number of benzene rings is 3. The van der Waals surface area contributed by atoms with Gasteiger partial charge in [0.05, 0.1) is 0 Å². The zero-order valence-electron chi connectivity index (χ0n) is 17.4. The molecule has 4 heteroatoms. The summed E-state index contributed by atoms with van der Waals surface area (Å²) in [5.74, 6) is 0.654. The Labute approximate surface area is 177 Å². The van der Waals surface area contributed by atoms with Crippen molar-refractivity contribution in [2.24, 2.45) is 0 Å². The van der Waals surface area contributed by atoms with Crippen LogP contribution in [0.5, 0.6) is 0 Å². The molecule has 0 saturated carbocycles. The van der Waals surface area contributed by atoms with Crippen molar-refractivity contribution < 1.29 is 14.4 Å². The molecule has 0 fully saturated rings. The number of hydrogen-bond acceptors (Lipinski definition) is 3. The largest absolute Gasteiger partial charge is 0.444 e. The van der Waals surface area contributed by atoms with E-state index in [1.54, 1.807) is 0 Å². The number of carbonyl (C=O) groups is 1. The number of hydroxylamine groups is 2. The summed E-state index contributed by atoms with van der Waals surface area (Å²) < 4.78 is 5.68. The fourth-order valence-electron chi connectivity index (χ4n) is 3.53. The molecule has 3 aromatic rings. The molecule has 152 valence electrons. The van der Waals surface area contributed by atoms with Crippen LogP contribution in [0, 0.1) is 0 Å². The minimum absolute atomic E-state index is 0.432. The van der Waals surface area contributed by atoms with Crippen LogP contribution < -0.4 is 0 Å². The summed E-state index contributed by atoms with van der Waals surface area (Å²) >= 11 is 0. The van der Waals surface area contributed by atoms with Gasteiger partial charge in [0.25, 0.3) is 0 Å². The van der Waals surface area contributed by atoms with Gasteiger partial charge in [-0.1, -0.05) is 91.0 Å². The monoisotopic (exact) mass is 399 g/mol. The van der Waals surface area contributed by atoms with Crippen molar-refractivity contribution in [2.75, 3.05) is 0 Å². The smallest absolute Gasteiger partial charge is 0.442 e. The van der Waals surface area contributed by atoms with Crippen molar-refractivity contribution in [3.05, 3.63) is 108 Å². The molecule has 1 atom stereocenters. The van der Waals surface area contributed by atoms with Gasteiger partial charge in [0.15, 0.2) is 5.76 Å². The molecule has 1 heterocycles. The van der Waals surface area contributed by atoms with Crippen LogP contribution in [0.1, 0.15) is 43.5 Å². The first-order valence-corrected chi connectivity index (χ1v) is 10.0. The summed E-state index contributed by atoms with van der Waals surface area (Å²) in [6.45, 7) is 5.55. The second kappa shape index (κ2) is 8.07. The van der Waals surface area contributed by atoms with E-state index in [2.05, 4.69) is 0 Å². The highest BCUT2D eigenvalue weighted by atomic mass is 16.7. The van der Waals surface area contributed by atoms with E-state index < -0.39 is 17.7 Å². The zero-order valence-corrected chi connectivity index (χ0v) is 17.4. The lowest BCUT2D eigenvalue weighted by Crippen LogP contribution is -2.36.